The molecule has 10 aromatic carbocycles. The molecule has 0 aliphatic carbocycles. The molecule has 6 nitrogen and oxygen atoms in total. The molecule has 13 aromatic rings. The molecule has 0 saturated carbocycles. The van der Waals surface area contributed by atoms with Crippen LogP contribution in [0.2, 0.25) is 0 Å². The van der Waals surface area contributed by atoms with Crippen molar-refractivity contribution < 1.29 is 30.6 Å². The summed E-state index contributed by atoms with van der Waals surface area (Å²) in [6, 6.07) is 67.2. The average molecular weight is 1270 g/mol. The minimum atomic E-state index is -0.357. The third-order valence-electron chi connectivity index (χ3n) is 16.9. The summed E-state index contributed by atoms with van der Waals surface area (Å²) in [4.78, 5) is 11.5. The van der Waals surface area contributed by atoms with Gasteiger partial charge < -0.3 is 14.1 Å². The van der Waals surface area contributed by atoms with Crippen molar-refractivity contribution in [3.05, 3.63) is 210 Å². The number of aromatic hydroxyl groups is 1. The number of aromatic nitrogens is 4. The Morgan fingerprint density at radius 1 is 0.494 bits per heavy atom. The van der Waals surface area contributed by atoms with Crippen molar-refractivity contribution in [3.8, 4) is 62.2 Å². The summed E-state index contributed by atoms with van der Waals surface area (Å²) < 4.78 is 12.1. The van der Waals surface area contributed by atoms with E-state index >= 15 is 0 Å². The Bertz CT molecular complexity index is 4680. The standard InChI is InChI=1S/C76H71N4O2.Pt/c1-44(2)53-28-21-29-54(45(3)4)67(53)80-68-62(38-37-59-58-36-35-48-34-33-47-25-17-18-27-56(47)65(48)70(58)82-71(59)68)77-72(80)50-39-49(40-51(41-50)74(5,6)7)57-30-22-32-64-66(57)78-73(60-42-52(75(8,9)10)43-61(69(60)81)76(11,12)13)79(64)63-31-20-19-26-55(63)46-23-15-14-16-24-46;/h14-38,40-45,81H,1-13H3;/q-1;. The smallest absolute Gasteiger partial charge is 0.161 e. The number of hydrogen-bond donors (Lipinski definition) is 1. The van der Waals surface area contributed by atoms with E-state index in [1.807, 2.05) is 0 Å². The van der Waals surface area contributed by atoms with Gasteiger partial charge in [-0.05, 0) is 103 Å². The van der Waals surface area contributed by atoms with Gasteiger partial charge in [-0.2, -0.15) is 0 Å². The first-order valence-corrected chi connectivity index (χ1v) is 29.1. The molecule has 1 N–H and O–H groups in total. The van der Waals surface area contributed by atoms with Crippen molar-refractivity contribution in [1.29, 1.82) is 0 Å². The third kappa shape index (κ3) is 9.29. The largest absolute Gasteiger partial charge is 0.507 e. The van der Waals surface area contributed by atoms with Gasteiger partial charge in [0.1, 0.15) is 22.7 Å². The Balaban J connectivity index is 0.00000680. The fraction of sp³-hybridized carbons (Fsp3) is 0.237. The summed E-state index contributed by atoms with van der Waals surface area (Å²) in [5.74, 6) is 2.08. The van der Waals surface area contributed by atoms with Crippen LogP contribution >= 0.6 is 0 Å². The van der Waals surface area contributed by atoms with Gasteiger partial charge in [0, 0.05) is 54.0 Å². The minimum absolute atomic E-state index is 0. The molecule has 0 atom stereocenters. The van der Waals surface area contributed by atoms with Gasteiger partial charge in [0.15, 0.2) is 5.58 Å². The number of benzene rings is 10. The number of phenols is 1. The van der Waals surface area contributed by atoms with Crippen molar-refractivity contribution in [2.75, 3.05) is 0 Å². The minimum Gasteiger partial charge on any atom is -0.507 e. The van der Waals surface area contributed by atoms with Crippen molar-refractivity contribution >= 4 is 65.6 Å². The molecule has 0 aliphatic heterocycles. The van der Waals surface area contributed by atoms with E-state index in [-0.39, 0.29) is 54.9 Å². The van der Waals surface area contributed by atoms with E-state index in [2.05, 4.69) is 281 Å². The first-order valence-electron chi connectivity index (χ1n) is 29.1. The van der Waals surface area contributed by atoms with Gasteiger partial charge in [-0.3, -0.25) is 9.55 Å². The molecule has 7 heteroatoms. The second-order valence-corrected chi connectivity index (χ2v) is 26.3. The molecule has 0 fully saturated rings. The first kappa shape index (κ1) is 55.5. The van der Waals surface area contributed by atoms with Crippen LogP contribution in [-0.2, 0) is 37.3 Å². The summed E-state index contributed by atoms with van der Waals surface area (Å²) in [7, 11) is 0. The van der Waals surface area contributed by atoms with Crippen molar-refractivity contribution in [3.63, 3.8) is 0 Å². The van der Waals surface area contributed by atoms with E-state index in [4.69, 9.17) is 14.4 Å². The summed E-state index contributed by atoms with van der Waals surface area (Å²) in [5.41, 5.74) is 17.5. The Hall–Kier alpha value is -8.05. The number of fused-ring (bicyclic) bond motifs is 10. The van der Waals surface area contributed by atoms with E-state index in [0.29, 0.717) is 11.4 Å². The van der Waals surface area contributed by atoms with E-state index in [1.165, 1.54) is 21.9 Å². The van der Waals surface area contributed by atoms with Crippen LogP contribution in [0.1, 0.15) is 130 Å². The molecule has 418 valence electrons. The number of hydrogen-bond acceptors (Lipinski definition) is 4. The van der Waals surface area contributed by atoms with Gasteiger partial charge in [-0.25, -0.2) is 4.98 Å². The molecule has 3 aromatic heterocycles. The van der Waals surface area contributed by atoms with Gasteiger partial charge in [-0.1, -0.05) is 229 Å². The van der Waals surface area contributed by atoms with E-state index in [0.717, 1.165) is 116 Å². The molecule has 0 amide bonds. The number of furan rings is 1. The number of nitrogens with zero attached hydrogens (tertiary/aromatic N) is 4. The van der Waals surface area contributed by atoms with Crippen LogP contribution in [-0.4, -0.2) is 24.2 Å². The van der Waals surface area contributed by atoms with Crippen LogP contribution < -0.4 is 0 Å². The molecule has 0 aliphatic rings. The summed E-state index contributed by atoms with van der Waals surface area (Å²) in [6.45, 7) is 29.2. The first-order chi connectivity index (χ1) is 39.2. The van der Waals surface area contributed by atoms with E-state index < -0.39 is 0 Å². The number of rotatable bonds is 8. The molecule has 0 unspecified atom stereocenters. The van der Waals surface area contributed by atoms with Crippen LogP contribution in [0.15, 0.2) is 180 Å². The normalized spacial score (nSPS) is 12.6. The molecular weight excluding hydrogens is 1200 g/mol. The maximum atomic E-state index is 12.7. The van der Waals surface area contributed by atoms with E-state index in [9.17, 15) is 5.11 Å². The molecule has 0 radical (unpaired) electrons. The molecular formula is C76H71N4O2Pt-. The summed E-state index contributed by atoms with van der Waals surface area (Å²) in [6.07, 6.45) is 0. The number of para-hydroxylation sites is 3. The Morgan fingerprint density at radius 2 is 1.10 bits per heavy atom. The summed E-state index contributed by atoms with van der Waals surface area (Å²) in [5, 5.41) is 19.5. The van der Waals surface area contributed by atoms with Crippen LogP contribution in [0.5, 0.6) is 5.75 Å². The van der Waals surface area contributed by atoms with Gasteiger partial charge in [0.25, 0.3) is 0 Å². The van der Waals surface area contributed by atoms with Gasteiger partial charge >= 0.3 is 0 Å². The molecule has 0 saturated heterocycles. The predicted octanol–water partition coefficient (Wildman–Crippen LogP) is 20.9. The van der Waals surface area contributed by atoms with Crippen LogP contribution in [0, 0.1) is 6.07 Å². The topological polar surface area (TPSA) is 69.0 Å². The van der Waals surface area contributed by atoms with Gasteiger partial charge in [-0.15, -0.1) is 29.3 Å². The predicted molar refractivity (Wildman–Crippen MR) is 345 cm³/mol. The zero-order valence-corrected chi connectivity index (χ0v) is 52.1. The molecule has 0 bridgehead atoms. The maximum Gasteiger partial charge on any atom is 0.161 e. The second kappa shape index (κ2) is 20.4. The monoisotopic (exact) mass is 1270 g/mol. The number of phenolic OH excluding ortho intramolecular Hbond substituents is 1. The second-order valence-electron chi connectivity index (χ2n) is 26.3. The Kier molecular flexibility index (Phi) is 13.6. The zero-order chi connectivity index (χ0) is 57.3. The number of imidazole rings is 2. The van der Waals surface area contributed by atoms with Crippen molar-refractivity contribution in [2.45, 2.75) is 118 Å². The molecule has 0 spiro atoms. The molecule has 3 heterocycles. The van der Waals surface area contributed by atoms with Gasteiger partial charge in [0.05, 0.1) is 33.6 Å². The molecule has 83 heavy (non-hydrogen) atoms. The quantitative estimate of drug-likeness (QED) is 0.122. The molecule has 13 rings (SSSR count). The van der Waals surface area contributed by atoms with Crippen LogP contribution in [0.3, 0.4) is 0 Å². The van der Waals surface area contributed by atoms with E-state index in [1.54, 1.807) is 0 Å². The zero-order valence-electron chi connectivity index (χ0n) is 49.9. The van der Waals surface area contributed by atoms with Crippen molar-refractivity contribution in [1.82, 2.24) is 19.1 Å². The van der Waals surface area contributed by atoms with Crippen LogP contribution in [0.4, 0.5) is 0 Å². The van der Waals surface area contributed by atoms with Crippen molar-refractivity contribution in [2.24, 2.45) is 0 Å². The van der Waals surface area contributed by atoms with Gasteiger partial charge in [0.2, 0.25) is 0 Å². The summed E-state index contributed by atoms with van der Waals surface area (Å²) >= 11 is 0. The van der Waals surface area contributed by atoms with Crippen LogP contribution in [0.25, 0.3) is 122 Å². The Morgan fingerprint density at radius 3 is 1.81 bits per heavy atom. The Labute approximate surface area is 502 Å². The fourth-order valence-electron chi connectivity index (χ4n) is 12.5. The SMILES string of the molecule is CC(C)c1cccc(C(C)C)c1-n1c(-c2[c-]c(-c3cccc4c3nc(-c3cc(C(C)(C)C)cc(C(C)(C)C)c3O)n4-c3ccccc3-c3ccccc3)cc(C(C)(C)C)c2)nc2ccc3c4ccc5ccc6ccccc6c5c4oc3c21.[Pt]. The third-order valence-corrected chi connectivity index (χ3v) is 16.9. The maximum absolute atomic E-state index is 12.7. The average Bonchev–Trinajstić information content (AvgIpc) is 2.67. The fourth-order valence-corrected chi connectivity index (χ4v) is 12.5.